The van der Waals surface area contributed by atoms with E-state index >= 15 is 0 Å². The summed E-state index contributed by atoms with van der Waals surface area (Å²) in [5.41, 5.74) is -2.23. The summed E-state index contributed by atoms with van der Waals surface area (Å²) in [5.74, 6) is -3.88. The minimum Gasteiger partial charge on any atom is -0.481 e. The third-order valence-corrected chi connectivity index (χ3v) is 8.54. The van der Waals surface area contributed by atoms with Crippen molar-refractivity contribution in [3.63, 3.8) is 0 Å². The van der Waals surface area contributed by atoms with Crippen LogP contribution in [0.5, 0.6) is 0 Å². The number of aliphatic carboxylic acids is 1. The second-order valence-electron chi connectivity index (χ2n) is 10.3. The highest BCUT2D eigenvalue weighted by Gasteiger charge is 2.80. The molecule has 3 heterocycles. The molecule has 2 bridgehead atoms. The smallest absolute Gasteiger partial charge is 0.310 e. The molecule has 8 atom stereocenters. The Morgan fingerprint density at radius 3 is 2.58 bits per heavy atom. The minimum atomic E-state index is -1.21. The Kier molecular flexibility index (Phi) is 7.30. The molecule has 3 rings (SSSR count). The molecule has 2 N–H and O–H groups in total. The van der Waals surface area contributed by atoms with Crippen molar-refractivity contribution in [1.29, 1.82) is 0 Å². The number of carbonyl (C=O) groups excluding carboxylic acids is 2. The van der Waals surface area contributed by atoms with Gasteiger partial charge in [-0.3, -0.25) is 14.4 Å². The zero-order valence-electron chi connectivity index (χ0n) is 20.6. The number of aliphatic hydroxyl groups excluding tert-OH is 1. The third-order valence-electron chi connectivity index (χ3n) is 8.54. The number of unbranched alkanes of at least 4 members (excludes halogenated alkanes) is 1. The topological polar surface area (TPSA) is 107 Å². The second-order valence-corrected chi connectivity index (χ2v) is 10.3. The van der Waals surface area contributed by atoms with Crippen LogP contribution in [0.15, 0.2) is 12.7 Å². The summed E-state index contributed by atoms with van der Waals surface area (Å²) < 4.78 is 6.53. The molecule has 8 nitrogen and oxygen atoms in total. The van der Waals surface area contributed by atoms with Gasteiger partial charge in [-0.25, -0.2) is 0 Å². The van der Waals surface area contributed by atoms with Gasteiger partial charge in [0.25, 0.3) is 0 Å². The van der Waals surface area contributed by atoms with E-state index in [1.54, 1.807) is 17.9 Å². The number of carbonyl (C=O) groups is 3. The summed E-state index contributed by atoms with van der Waals surface area (Å²) in [5, 5.41) is 20.4. The van der Waals surface area contributed by atoms with Crippen LogP contribution in [0.3, 0.4) is 0 Å². The predicted molar refractivity (Wildman–Crippen MR) is 123 cm³/mol. The maximum Gasteiger partial charge on any atom is 0.310 e. The number of hydrogen-bond acceptors (Lipinski definition) is 5. The summed E-state index contributed by atoms with van der Waals surface area (Å²) in [4.78, 5) is 43.7. The molecule has 0 aromatic carbocycles. The SMILES string of the molecule is C=CCN(CCCC)C(=O)C1N([C@@H](CO)[C@@H](C)CC)C(=O)[C@@H]2[C@@H](C(=O)O)[C@]3(C)OC12CC3C. The summed E-state index contributed by atoms with van der Waals surface area (Å²) >= 11 is 0. The van der Waals surface area contributed by atoms with Crippen LogP contribution >= 0.6 is 0 Å². The molecule has 8 heteroatoms. The molecule has 3 aliphatic rings. The Balaban J connectivity index is 2.16. The first-order valence-corrected chi connectivity index (χ1v) is 12.3. The van der Waals surface area contributed by atoms with Crippen molar-refractivity contribution in [2.24, 2.45) is 23.7 Å². The van der Waals surface area contributed by atoms with Crippen LogP contribution in [-0.4, -0.2) is 80.8 Å². The average Bonchev–Trinajstić information content (AvgIpc) is 3.28. The van der Waals surface area contributed by atoms with Gasteiger partial charge in [0.1, 0.15) is 17.6 Å². The van der Waals surface area contributed by atoms with Crippen LogP contribution < -0.4 is 0 Å². The standard InChI is InChI=1S/C25H40N2O6/c1-7-10-12-26(11-8-2)22(30)20-25-13-16(5)24(6,33-25)19(23(31)32)18(25)21(29)27(20)17(14-28)15(4)9-3/h8,15-20,28H,2,7,9-14H2,1,3-6H3,(H,31,32)/t15-,16?,17-,18-,19-,20?,24+,25?/m0/s1. The lowest BCUT2D eigenvalue weighted by Gasteiger charge is -2.41. The fourth-order valence-electron chi connectivity index (χ4n) is 6.47. The van der Waals surface area contributed by atoms with Gasteiger partial charge in [0.15, 0.2) is 0 Å². The van der Waals surface area contributed by atoms with Crippen molar-refractivity contribution in [1.82, 2.24) is 9.80 Å². The van der Waals surface area contributed by atoms with Crippen LogP contribution in [0, 0.1) is 23.7 Å². The van der Waals surface area contributed by atoms with Gasteiger partial charge >= 0.3 is 5.97 Å². The molecular formula is C25H40N2O6. The quantitative estimate of drug-likeness (QED) is 0.455. The third kappa shape index (κ3) is 3.70. The number of ether oxygens (including phenoxy) is 1. The highest BCUT2D eigenvalue weighted by atomic mass is 16.5. The Morgan fingerprint density at radius 1 is 1.39 bits per heavy atom. The van der Waals surface area contributed by atoms with Gasteiger partial charge in [-0.2, -0.15) is 0 Å². The number of carboxylic acid groups (broad SMARTS) is 1. The van der Waals surface area contributed by atoms with Crippen LogP contribution in [-0.2, 0) is 19.1 Å². The Labute approximate surface area is 196 Å². The van der Waals surface area contributed by atoms with Gasteiger partial charge in [0.05, 0.1) is 24.2 Å². The van der Waals surface area contributed by atoms with Crippen LogP contribution in [0.4, 0.5) is 0 Å². The first-order chi connectivity index (χ1) is 15.5. The van der Waals surface area contributed by atoms with Crippen molar-refractivity contribution in [3.8, 4) is 0 Å². The fraction of sp³-hybridized carbons (Fsp3) is 0.800. The van der Waals surface area contributed by atoms with Crippen molar-refractivity contribution < 1.29 is 29.3 Å². The molecule has 0 saturated carbocycles. The molecule has 3 aliphatic heterocycles. The lowest BCUT2D eigenvalue weighted by Crippen LogP contribution is -2.60. The molecule has 3 unspecified atom stereocenters. The lowest BCUT2D eigenvalue weighted by atomic mass is 9.62. The number of hydrogen-bond donors (Lipinski definition) is 2. The maximum atomic E-state index is 14.1. The number of likely N-dealkylation sites (tertiary alicyclic amines) is 1. The Hall–Kier alpha value is -1.93. The second kappa shape index (κ2) is 9.37. The van der Waals surface area contributed by atoms with Gasteiger partial charge in [-0.1, -0.05) is 46.6 Å². The van der Waals surface area contributed by atoms with E-state index in [-0.39, 0.29) is 30.3 Å². The van der Waals surface area contributed by atoms with E-state index < -0.39 is 41.1 Å². The highest BCUT2D eigenvalue weighted by Crippen LogP contribution is 2.65. The molecule has 0 aliphatic carbocycles. The first kappa shape index (κ1) is 25.7. The van der Waals surface area contributed by atoms with Crippen molar-refractivity contribution >= 4 is 17.8 Å². The first-order valence-electron chi connectivity index (χ1n) is 12.3. The number of rotatable bonds is 11. The molecule has 0 aromatic rings. The molecule has 0 radical (unpaired) electrons. The summed E-state index contributed by atoms with van der Waals surface area (Å²) in [6, 6.07) is -1.56. The molecule has 1 spiro atoms. The highest BCUT2D eigenvalue weighted by molar-refractivity contribution is 5.98. The van der Waals surface area contributed by atoms with Gasteiger partial charge in [0, 0.05) is 13.1 Å². The summed E-state index contributed by atoms with van der Waals surface area (Å²) in [6.07, 6.45) is 4.51. The van der Waals surface area contributed by atoms with E-state index in [4.69, 9.17) is 4.74 Å². The zero-order valence-corrected chi connectivity index (χ0v) is 20.6. The normalized spacial score (nSPS) is 36.5. The van der Waals surface area contributed by atoms with Crippen molar-refractivity contribution in [2.75, 3.05) is 19.7 Å². The number of carboxylic acids is 1. The van der Waals surface area contributed by atoms with E-state index in [1.807, 2.05) is 27.7 Å². The number of aliphatic hydroxyl groups is 1. The van der Waals surface area contributed by atoms with E-state index in [0.29, 0.717) is 25.9 Å². The van der Waals surface area contributed by atoms with Crippen LogP contribution in [0.2, 0.25) is 0 Å². The van der Waals surface area contributed by atoms with E-state index in [1.165, 1.54) is 4.90 Å². The van der Waals surface area contributed by atoms with Gasteiger partial charge in [0.2, 0.25) is 11.8 Å². The van der Waals surface area contributed by atoms with Crippen molar-refractivity contribution in [2.45, 2.75) is 83.6 Å². The monoisotopic (exact) mass is 464 g/mol. The van der Waals surface area contributed by atoms with E-state index in [2.05, 4.69) is 6.58 Å². The zero-order chi connectivity index (χ0) is 24.7. The van der Waals surface area contributed by atoms with E-state index in [0.717, 1.165) is 12.8 Å². The molecule has 3 fully saturated rings. The molecule has 3 saturated heterocycles. The molecule has 2 amide bonds. The minimum absolute atomic E-state index is 0.0681. The van der Waals surface area contributed by atoms with Gasteiger partial charge in [-0.05, 0) is 31.6 Å². The molecule has 186 valence electrons. The van der Waals surface area contributed by atoms with Crippen LogP contribution in [0.1, 0.15) is 60.3 Å². The Bertz CT molecular complexity index is 802. The van der Waals surface area contributed by atoms with Crippen LogP contribution in [0.25, 0.3) is 0 Å². The number of amides is 2. The molecule has 0 aromatic heterocycles. The summed E-state index contributed by atoms with van der Waals surface area (Å²) in [6.45, 7) is 14.0. The van der Waals surface area contributed by atoms with E-state index in [9.17, 15) is 24.6 Å². The fourth-order valence-corrected chi connectivity index (χ4v) is 6.47. The Morgan fingerprint density at radius 2 is 2.06 bits per heavy atom. The average molecular weight is 465 g/mol. The van der Waals surface area contributed by atoms with Gasteiger partial charge in [-0.15, -0.1) is 6.58 Å². The maximum absolute atomic E-state index is 14.1. The molecule has 33 heavy (non-hydrogen) atoms. The van der Waals surface area contributed by atoms with Gasteiger partial charge < -0.3 is 24.7 Å². The lowest BCUT2D eigenvalue weighted by molar-refractivity contribution is -0.161. The summed E-state index contributed by atoms with van der Waals surface area (Å²) in [7, 11) is 0. The largest absolute Gasteiger partial charge is 0.481 e. The van der Waals surface area contributed by atoms with Crippen molar-refractivity contribution in [3.05, 3.63) is 12.7 Å². The predicted octanol–water partition coefficient (Wildman–Crippen LogP) is 2.30. The number of fused-ring (bicyclic) bond motifs is 1. The number of nitrogens with zero attached hydrogens (tertiary/aromatic N) is 2. The molecular weight excluding hydrogens is 424 g/mol.